The molecule has 0 fully saturated rings. The largest absolute Gasteiger partial charge is 0.497 e. The lowest BCUT2D eigenvalue weighted by Crippen LogP contribution is -2.28. The van der Waals surface area contributed by atoms with Crippen LogP contribution >= 0.6 is 0 Å². The van der Waals surface area contributed by atoms with Crippen LogP contribution in [0.2, 0.25) is 0 Å². The van der Waals surface area contributed by atoms with E-state index in [0.717, 1.165) is 0 Å². The molecular formula is C13H17N3O4S. The molecule has 1 aromatic carbocycles. The number of nitrogens with one attached hydrogen (secondary N) is 2. The summed E-state index contributed by atoms with van der Waals surface area (Å²) in [5, 5.41) is 0. The van der Waals surface area contributed by atoms with Crippen LogP contribution in [0.4, 0.5) is 0 Å². The Hall–Kier alpha value is -2.06. The van der Waals surface area contributed by atoms with Crippen LogP contribution in [-0.2, 0) is 10.0 Å². The second-order valence-electron chi connectivity index (χ2n) is 4.33. The van der Waals surface area contributed by atoms with E-state index in [9.17, 15) is 8.42 Å². The molecule has 0 saturated carbocycles. The summed E-state index contributed by atoms with van der Waals surface area (Å²) < 4.78 is 37.6. The number of aromatic amines is 1. The summed E-state index contributed by atoms with van der Waals surface area (Å²) in [6, 6.07) is 4.03. The molecule has 8 heteroatoms. The first kappa shape index (κ1) is 15.3. The smallest absolute Gasteiger partial charge is 0.244 e. The van der Waals surface area contributed by atoms with Crippen LogP contribution in [-0.4, -0.2) is 32.6 Å². The standard InChI is InChI=1S/C13H17N3O4S/c1-9(13-14-6-7-15-13)16-21(17,18)12-5-4-10(19-2)8-11(12)20-3/h4-9,16H,1-3H3,(H,14,15). The number of imidazole rings is 1. The molecule has 0 bridgehead atoms. The summed E-state index contributed by atoms with van der Waals surface area (Å²) in [4.78, 5) is 6.94. The van der Waals surface area contributed by atoms with E-state index >= 15 is 0 Å². The van der Waals surface area contributed by atoms with Gasteiger partial charge in [0.05, 0.1) is 20.3 Å². The number of benzene rings is 1. The van der Waals surface area contributed by atoms with E-state index in [2.05, 4.69) is 14.7 Å². The van der Waals surface area contributed by atoms with E-state index in [4.69, 9.17) is 9.47 Å². The number of aromatic nitrogens is 2. The third-order valence-electron chi connectivity index (χ3n) is 2.92. The molecule has 0 aliphatic carbocycles. The minimum Gasteiger partial charge on any atom is -0.497 e. The molecule has 114 valence electrons. The Balaban J connectivity index is 2.31. The predicted molar refractivity (Wildman–Crippen MR) is 76.9 cm³/mol. The molecule has 2 N–H and O–H groups in total. The van der Waals surface area contributed by atoms with Crippen molar-refractivity contribution in [2.75, 3.05) is 14.2 Å². The van der Waals surface area contributed by atoms with E-state index in [1.807, 2.05) is 0 Å². The molecule has 2 aromatic rings. The van der Waals surface area contributed by atoms with Gasteiger partial charge in [0, 0.05) is 18.5 Å². The first-order valence-electron chi connectivity index (χ1n) is 6.21. The molecule has 21 heavy (non-hydrogen) atoms. The maximum Gasteiger partial charge on any atom is 0.244 e. The highest BCUT2D eigenvalue weighted by Gasteiger charge is 2.23. The van der Waals surface area contributed by atoms with E-state index in [-0.39, 0.29) is 10.6 Å². The SMILES string of the molecule is COc1ccc(S(=O)(=O)NC(C)c2ncc[nH]2)c(OC)c1. The summed E-state index contributed by atoms with van der Waals surface area (Å²) in [5.74, 6) is 1.27. The molecule has 0 aliphatic rings. The van der Waals surface area contributed by atoms with Crippen LogP contribution in [0, 0.1) is 0 Å². The first-order valence-corrected chi connectivity index (χ1v) is 7.70. The summed E-state index contributed by atoms with van der Waals surface area (Å²) in [7, 11) is -0.837. The second-order valence-corrected chi connectivity index (χ2v) is 6.02. The van der Waals surface area contributed by atoms with Gasteiger partial charge in [0.25, 0.3) is 0 Å². The quantitative estimate of drug-likeness (QED) is 0.842. The van der Waals surface area contributed by atoms with Gasteiger partial charge in [0.2, 0.25) is 10.0 Å². The summed E-state index contributed by atoms with van der Waals surface area (Å²) in [5.41, 5.74) is 0. The minimum absolute atomic E-state index is 0.0456. The summed E-state index contributed by atoms with van der Waals surface area (Å²) in [6.07, 6.45) is 3.20. The molecule has 0 aliphatic heterocycles. The van der Waals surface area contributed by atoms with E-state index in [1.165, 1.54) is 26.4 Å². The van der Waals surface area contributed by atoms with Gasteiger partial charge in [0.1, 0.15) is 22.2 Å². The predicted octanol–water partition coefficient (Wildman–Crippen LogP) is 1.47. The number of ether oxygens (including phenoxy) is 2. The summed E-state index contributed by atoms with van der Waals surface area (Å²) >= 11 is 0. The molecule has 0 amide bonds. The zero-order valence-electron chi connectivity index (χ0n) is 12.0. The van der Waals surface area contributed by atoms with Crippen molar-refractivity contribution in [1.29, 1.82) is 0 Å². The monoisotopic (exact) mass is 311 g/mol. The van der Waals surface area contributed by atoms with Crippen LogP contribution in [0.5, 0.6) is 11.5 Å². The number of rotatable bonds is 6. The van der Waals surface area contributed by atoms with Crippen LogP contribution < -0.4 is 14.2 Å². The number of methoxy groups -OCH3 is 2. The molecule has 1 atom stereocenters. The Morgan fingerprint density at radius 2 is 2.05 bits per heavy atom. The summed E-state index contributed by atoms with van der Waals surface area (Å²) in [6.45, 7) is 1.70. The average Bonchev–Trinajstić information content (AvgIpc) is 3.00. The highest BCUT2D eigenvalue weighted by molar-refractivity contribution is 7.89. The zero-order chi connectivity index (χ0) is 15.5. The van der Waals surface area contributed by atoms with Gasteiger partial charge in [-0.05, 0) is 19.1 Å². The van der Waals surface area contributed by atoms with Crippen molar-refractivity contribution in [3.05, 3.63) is 36.4 Å². The maximum atomic E-state index is 12.4. The minimum atomic E-state index is -3.74. The van der Waals surface area contributed by atoms with Gasteiger partial charge in [-0.25, -0.2) is 18.1 Å². The zero-order valence-corrected chi connectivity index (χ0v) is 12.8. The molecule has 0 saturated heterocycles. The molecule has 7 nitrogen and oxygen atoms in total. The lowest BCUT2D eigenvalue weighted by Gasteiger charge is -2.15. The topological polar surface area (TPSA) is 93.3 Å². The number of nitrogens with zero attached hydrogens (tertiary/aromatic N) is 1. The van der Waals surface area contributed by atoms with Crippen molar-refractivity contribution in [3.63, 3.8) is 0 Å². The van der Waals surface area contributed by atoms with Crippen molar-refractivity contribution in [3.8, 4) is 11.5 Å². The highest BCUT2D eigenvalue weighted by Crippen LogP contribution is 2.29. The Morgan fingerprint density at radius 3 is 2.62 bits per heavy atom. The van der Waals surface area contributed by atoms with Crippen molar-refractivity contribution >= 4 is 10.0 Å². The van der Waals surface area contributed by atoms with Gasteiger partial charge < -0.3 is 14.5 Å². The Morgan fingerprint density at radius 1 is 1.29 bits per heavy atom. The van der Waals surface area contributed by atoms with Gasteiger partial charge in [0.15, 0.2) is 0 Å². The van der Waals surface area contributed by atoms with Crippen LogP contribution in [0.25, 0.3) is 0 Å². The normalized spacial score (nSPS) is 12.9. The highest BCUT2D eigenvalue weighted by atomic mass is 32.2. The molecule has 1 unspecified atom stereocenters. The number of sulfonamides is 1. The van der Waals surface area contributed by atoms with Crippen LogP contribution in [0.3, 0.4) is 0 Å². The second kappa shape index (κ2) is 6.15. The number of hydrogen-bond acceptors (Lipinski definition) is 5. The van der Waals surface area contributed by atoms with Crippen LogP contribution in [0.15, 0.2) is 35.5 Å². The van der Waals surface area contributed by atoms with Crippen molar-refractivity contribution in [1.82, 2.24) is 14.7 Å². The fraction of sp³-hybridized carbons (Fsp3) is 0.308. The molecule has 0 radical (unpaired) electrons. The van der Waals surface area contributed by atoms with Gasteiger partial charge in [-0.15, -0.1) is 0 Å². The van der Waals surface area contributed by atoms with Crippen LogP contribution in [0.1, 0.15) is 18.8 Å². The number of hydrogen-bond donors (Lipinski definition) is 2. The molecule has 2 rings (SSSR count). The lowest BCUT2D eigenvalue weighted by molar-refractivity contribution is 0.385. The fourth-order valence-corrected chi connectivity index (χ4v) is 3.22. The fourth-order valence-electron chi connectivity index (χ4n) is 1.86. The van der Waals surface area contributed by atoms with Crippen molar-refractivity contribution in [2.45, 2.75) is 17.9 Å². The van der Waals surface area contributed by atoms with E-state index in [1.54, 1.807) is 25.4 Å². The first-order chi connectivity index (χ1) is 9.97. The van der Waals surface area contributed by atoms with E-state index in [0.29, 0.717) is 11.6 Å². The Kier molecular flexibility index (Phi) is 4.49. The molecule has 0 spiro atoms. The molecular weight excluding hydrogens is 294 g/mol. The molecule has 1 heterocycles. The van der Waals surface area contributed by atoms with Gasteiger partial charge in [-0.3, -0.25) is 0 Å². The third-order valence-corrected chi connectivity index (χ3v) is 4.50. The Bertz CT molecular complexity index is 698. The maximum absolute atomic E-state index is 12.4. The van der Waals surface area contributed by atoms with Crippen molar-refractivity contribution < 1.29 is 17.9 Å². The van der Waals surface area contributed by atoms with Gasteiger partial charge >= 0.3 is 0 Å². The molecule has 1 aromatic heterocycles. The average molecular weight is 311 g/mol. The Labute approximate surface area is 123 Å². The van der Waals surface area contributed by atoms with Gasteiger partial charge in [-0.1, -0.05) is 0 Å². The van der Waals surface area contributed by atoms with Crippen molar-refractivity contribution in [2.24, 2.45) is 0 Å². The number of H-pyrrole nitrogens is 1. The lowest BCUT2D eigenvalue weighted by atomic mass is 10.3. The third kappa shape index (κ3) is 3.34. The van der Waals surface area contributed by atoms with Gasteiger partial charge in [-0.2, -0.15) is 0 Å². The van der Waals surface area contributed by atoms with E-state index < -0.39 is 16.1 Å².